The molecule has 5 aromatic carbocycles. The van der Waals surface area contributed by atoms with E-state index in [1.54, 1.807) is 48.5 Å². The van der Waals surface area contributed by atoms with Gasteiger partial charge in [0.15, 0.2) is 0 Å². The summed E-state index contributed by atoms with van der Waals surface area (Å²) in [5.74, 6) is -2.26. The van der Waals surface area contributed by atoms with Gasteiger partial charge < -0.3 is 9.47 Å². The molecule has 0 amide bonds. The Labute approximate surface area is 274 Å². The highest BCUT2D eigenvalue weighted by atomic mass is 16.6. The molecule has 6 nitrogen and oxygen atoms in total. The lowest BCUT2D eigenvalue weighted by atomic mass is 9.97. The zero-order chi connectivity index (χ0) is 35.1. The smallest absolute Gasteiger partial charge is 0.346 e. The van der Waals surface area contributed by atoms with Gasteiger partial charge in [0.05, 0.1) is 22.3 Å². The number of ether oxygens (including phenoxy) is 2. The molecule has 0 spiro atoms. The predicted octanol–water partition coefficient (Wildman–Crippen LogP) is 11.1. The van der Waals surface area contributed by atoms with Crippen molar-refractivity contribution >= 4 is 45.4 Å². The lowest BCUT2D eigenvalue weighted by molar-refractivity contribution is 0.0373. The van der Waals surface area contributed by atoms with Crippen LogP contribution in [0.5, 0.6) is 0 Å². The van der Waals surface area contributed by atoms with Crippen molar-refractivity contribution in [2.45, 2.75) is 69.2 Å². The van der Waals surface area contributed by atoms with E-state index in [4.69, 9.17) is 0 Å². The molecule has 244 valence electrons. The van der Waals surface area contributed by atoms with Crippen LogP contribution in [0.4, 0.5) is 0 Å². The van der Waals surface area contributed by atoms with Gasteiger partial charge in [0, 0.05) is 10.8 Å². The van der Waals surface area contributed by atoms with Gasteiger partial charge >= 0.3 is 23.9 Å². The third-order valence-electron chi connectivity index (χ3n) is 5.73. The van der Waals surface area contributed by atoms with E-state index in [1.165, 1.54) is 0 Å². The van der Waals surface area contributed by atoms with Gasteiger partial charge in [0.25, 0.3) is 0 Å². The highest BCUT2D eigenvalue weighted by molar-refractivity contribution is 6.21. The molecule has 7 rings (SSSR count). The topological polar surface area (TPSA) is 86.7 Å². The minimum absolute atomic E-state index is 0.461. The third kappa shape index (κ3) is 10.5. The maximum Gasteiger partial charge on any atom is 0.346 e. The first-order valence-corrected chi connectivity index (χ1v) is 16.1. The lowest BCUT2D eigenvalue weighted by Gasteiger charge is -2.14. The van der Waals surface area contributed by atoms with E-state index >= 15 is 0 Å². The van der Waals surface area contributed by atoms with Crippen molar-refractivity contribution in [2.24, 2.45) is 0 Å². The van der Waals surface area contributed by atoms with Crippen LogP contribution in [0.1, 0.15) is 111 Å². The number of carbonyl (C=O) groups excluding carboxylic acids is 4. The summed E-state index contributed by atoms with van der Waals surface area (Å²) >= 11 is 0. The standard InChI is InChI=1S/2C12H6O3.C6H6.5C2H6/c2*13-11-8-5-1-3-7-4-2-6-9(10(7)8)12(14)15-11;1-2-4-6-5-3-1;5*1-2/h2*1-6H;1-6H;5*1-2H3. The summed E-state index contributed by atoms with van der Waals surface area (Å²) in [4.78, 5) is 45.8. The minimum atomic E-state index is -0.565. The molecule has 2 aliphatic heterocycles. The fourth-order valence-electron chi connectivity index (χ4n) is 4.14. The molecule has 2 heterocycles. The van der Waals surface area contributed by atoms with Crippen LogP contribution in [0.15, 0.2) is 109 Å². The Morgan fingerprint density at radius 2 is 0.500 bits per heavy atom. The van der Waals surface area contributed by atoms with Crippen LogP contribution in [0.25, 0.3) is 21.5 Å². The Morgan fingerprint density at radius 1 is 0.304 bits per heavy atom. The number of rotatable bonds is 0. The van der Waals surface area contributed by atoms with E-state index in [2.05, 4.69) is 9.47 Å². The van der Waals surface area contributed by atoms with Crippen LogP contribution < -0.4 is 0 Å². The maximum atomic E-state index is 11.4. The second-order valence-corrected chi connectivity index (χ2v) is 7.93. The van der Waals surface area contributed by atoms with Gasteiger partial charge in [-0.05, 0) is 35.0 Å². The highest BCUT2D eigenvalue weighted by Gasteiger charge is 2.27. The molecular weight excluding hydrogens is 576 g/mol. The fraction of sp³-hybridized carbons (Fsp3) is 0.250. The SMILES string of the molecule is CC.CC.CC.CC.CC.O=C1OC(=O)c2cccc3cccc1c23.O=C1OC(=O)c2cccc3cccc1c23.c1ccccc1. The summed E-state index contributed by atoms with van der Waals surface area (Å²) < 4.78 is 9.25. The first-order chi connectivity index (χ1) is 22.5. The van der Waals surface area contributed by atoms with E-state index in [0.717, 1.165) is 10.8 Å². The van der Waals surface area contributed by atoms with Gasteiger partial charge in [-0.1, -0.05) is 154 Å². The van der Waals surface area contributed by atoms with Gasteiger partial charge in [-0.25, -0.2) is 19.2 Å². The van der Waals surface area contributed by atoms with Crippen LogP contribution in [0.2, 0.25) is 0 Å². The van der Waals surface area contributed by atoms with Crippen LogP contribution in [-0.2, 0) is 9.47 Å². The summed E-state index contributed by atoms with van der Waals surface area (Å²) in [6, 6.07) is 33.3. The number of carbonyl (C=O) groups is 4. The number of cyclic esters (lactones) is 4. The van der Waals surface area contributed by atoms with Gasteiger partial charge in [0.2, 0.25) is 0 Å². The summed E-state index contributed by atoms with van der Waals surface area (Å²) in [5, 5.41) is 3.16. The Balaban J connectivity index is 0.000000612. The second kappa shape index (κ2) is 23.3. The molecule has 2 aliphatic rings. The van der Waals surface area contributed by atoms with E-state index in [0.29, 0.717) is 33.0 Å². The second-order valence-electron chi connectivity index (χ2n) is 7.93. The van der Waals surface area contributed by atoms with Crippen molar-refractivity contribution in [1.29, 1.82) is 0 Å². The first kappa shape index (κ1) is 40.9. The van der Waals surface area contributed by atoms with Crippen molar-refractivity contribution in [1.82, 2.24) is 0 Å². The molecule has 0 saturated heterocycles. The lowest BCUT2D eigenvalue weighted by Crippen LogP contribution is -2.19. The molecule has 6 heteroatoms. The predicted molar refractivity (Wildman–Crippen MR) is 191 cm³/mol. The molecule has 0 atom stereocenters. The van der Waals surface area contributed by atoms with Gasteiger partial charge in [-0.15, -0.1) is 0 Å². The van der Waals surface area contributed by atoms with E-state index in [1.807, 2.05) is 130 Å². The normalized spacial score (nSPS) is 10.9. The van der Waals surface area contributed by atoms with Crippen molar-refractivity contribution in [3.8, 4) is 0 Å². The van der Waals surface area contributed by atoms with E-state index in [9.17, 15) is 19.2 Å². The van der Waals surface area contributed by atoms with Crippen molar-refractivity contribution < 1.29 is 28.7 Å². The zero-order valence-corrected chi connectivity index (χ0v) is 28.8. The highest BCUT2D eigenvalue weighted by Crippen LogP contribution is 2.29. The molecule has 0 bridgehead atoms. The van der Waals surface area contributed by atoms with Crippen molar-refractivity contribution in [3.63, 3.8) is 0 Å². The largest absolute Gasteiger partial charge is 0.386 e. The molecule has 0 radical (unpaired) electrons. The molecule has 0 N–H and O–H groups in total. The third-order valence-corrected chi connectivity index (χ3v) is 5.73. The molecule has 0 aromatic heterocycles. The Bertz CT molecular complexity index is 1420. The Hall–Kier alpha value is -5.10. The Morgan fingerprint density at radius 3 is 0.696 bits per heavy atom. The summed E-state index contributed by atoms with van der Waals surface area (Å²) in [7, 11) is 0. The van der Waals surface area contributed by atoms with E-state index in [-0.39, 0.29) is 0 Å². The summed E-state index contributed by atoms with van der Waals surface area (Å²) in [5.41, 5.74) is 1.84. The number of hydrogen-bond donors (Lipinski definition) is 0. The van der Waals surface area contributed by atoms with Crippen LogP contribution in [-0.4, -0.2) is 23.9 Å². The number of esters is 4. The average molecular weight is 625 g/mol. The van der Waals surface area contributed by atoms with Crippen LogP contribution in [0.3, 0.4) is 0 Å². The summed E-state index contributed by atoms with van der Waals surface area (Å²) in [6.45, 7) is 20.0. The number of hydrogen-bond acceptors (Lipinski definition) is 6. The minimum Gasteiger partial charge on any atom is -0.386 e. The monoisotopic (exact) mass is 624 g/mol. The molecule has 0 unspecified atom stereocenters. The van der Waals surface area contributed by atoms with Gasteiger partial charge in [0.1, 0.15) is 0 Å². The fourth-order valence-corrected chi connectivity index (χ4v) is 4.14. The molecule has 0 aliphatic carbocycles. The van der Waals surface area contributed by atoms with Crippen molar-refractivity contribution in [2.75, 3.05) is 0 Å². The zero-order valence-electron chi connectivity index (χ0n) is 28.8. The van der Waals surface area contributed by atoms with Crippen LogP contribution in [0, 0.1) is 0 Å². The molecule has 0 fully saturated rings. The van der Waals surface area contributed by atoms with Gasteiger partial charge in [-0.2, -0.15) is 0 Å². The molecule has 46 heavy (non-hydrogen) atoms. The molecule has 5 aromatic rings. The first-order valence-electron chi connectivity index (χ1n) is 16.1. The van der Waals surface area contributed by atoms with E-state index < -0.39 is 23.9 Å². The average Bonchev–Trinajstić information content (AvgIpc) is 3.15. The number of benzene rings is 5. The summed E-state index contributed by atoms with van der Waals surface area (Å²) in [6.07, 6.45) is 0. The molecular formula is C40H48O6. The van der Waals surface area contributed by atoms with Crippen LogP contribution >= 0.6 is 0 Å². The quantitative estimate of drug-likeness (QED) is 0.126. The van der Waals surface area contributed by atoms with Crippen molar-refractivity contribution in [3.05, 3.63) is 131 Å². The Kier molecular flexibility index (Phi) is 20.7. The van der Waals surface area contributed by atoms with Gasteiger partial charge in [-0.3, -0.25) is 0 Å². The maximum absolute atomic E-state index is 11.4. The molecule has 0 saturated carbocycles.